The maximum atomic E-state index is 13.6. The smallest absolute Gasteiger partial charge is 0.394 e. The Morgan fingerprint density at radius 2 is 1.83 bits per heavy atom. The molecule has 6 nitrogen and oxygen atoms in total. The minimum absolute atomic E-state index is 0.0673. The van der Waals surface area contributed by atoms with Crippen molar-refractivity contribution < 1.29 is 47.1 Å². The summed E-state index contributed by atoms with van der Waals surface area (Å²) in [5.74, 6) is -1.76. The molecule has 12 heteroatoms. The SMILES string of the molecule is [2H]C([2H])([2H])C([2H])([2H])S(=O)(=O)c1ccc([C@H](CO)NC(=O)c2ccc3c(c2)cc(Cc2ccc(F)cc2C(F)(F)F)n3CCF)cc1. The summed E-state index contributed by atoms with van der Waals surface area (Å²) in [7, 11) is -4.95. The van der Waals surface area contributed by atoms with Crippen molar-refractivity contribution in [1.82, 2.24) is 9.88 Å². The fraction of sp³-hybridized carbons (Fsp3) is 0.276. The molecule has 0 bridgehead atoms. The standard InChI is InChI=1S/C29H27F5N2O4S/c1-2-41(39,40)24-8-4-18(5-9-24)26(17-37)35-28(38)20-6-10-27-21(13-20)15-23(36(27)12-11-30)14-19-3-7-22(31)16-25(19)29(32,33)34/h3-10,13,15-16,26,37H,2,11-12,14,17H2,1H3,(H,35,38)/t26-/m0/s1/i1D3,2D2. The molecule has 0 unspecified atom stereocenters. The Bertz CT molecular complexity index is 1860. The third kappa shape index (κ3) is 6.59. The van der Waals surface area contributed by atoms with E-state index in [2.05, 4.69) is 5.32 Å². The molecule has 1 atom stereocenters. The number of carbonyl (C=O) groups is 1. The van der Waals surface area contributed by atoms with E-state index in [9.17, 15) is 40.3 Å². The molecule has 0 aliphatic heterocycles. The zero-order chi connectivity index (χ0) is 34.2. The summed E-state index contributed by atoms with van der Waals surface area (Å²) in [5.41, 5.74) is -3.98. The van der Waals surface area contributed by atoms with Crippen molar-refractivity contribution in [2.75, 3.05) is 19.0 Å². The quantitative estimate of drug-likeness (QED) is 0.232. The van der Waals surface area contributed by atoms with Crippen LogP contribution in [0.15, 0.2) is 71.6 Å². The highest BCUT2D eigenvalue weighted by atomic mass is 32.2. The van der Waals surface area contributed by atoms with E-state index in [-0.39, 0.29) is 35.3 Å². The molecule has 2 N–H and O–H groups in total. The highest BCUT2D eigenvalue weighted by Crippen LogP contribution is 2.34. The van der Waals surface area contributed by atoms with Crippen LogP contribution in [0, 0.1) is 5.82 Å². The Morgan fingerprint density at radius 3 is 2.46 bits per heavy atom. The van der Waals surface area contributed by atoms with E-state index in [4.69, 9.17) is 6.85 Å². The first-order valence-corrected chi connectivity index (χ1v) is 13.6. The second-order valence-electron chi connectivity index (χ2n) is 9.11. The van der Waals surface area contributed by atoms with E-state index in [0.29, 0.717) is 17.0 Å². The number of hydrogen-bond acceptors (Lipinski definition) is 4. The number of nitrogens with one attached hydrogen (secondary N) is 1. The Labute approximate surface area is 240 Å². The summed E-state index contributed by atoms with van der Waals surface area (Å²) < 4.78 is 131. The number of aryl methyl sites for hydroxylation is 1. The van der Waals surface area contributed by atoms with Gasteiger partial charge in [0.15, 0.2) is 9.84 Å². The van der Waals surface area contributed by atoms with Crippen LogP contribution >= 0.6 is 0 Å². The molecule has 0 fully saturated rings. The van der Waals surface area contributed by atoms with E-state index in [1.165, 1.54) is 41.0 Å². The van der Waals surface area contributed by atoms with Gasteiger partial charge in [-0.2, -0.15) is 13.2 Å². The summed E-state index contributed by atoms with van der Waals surface area (Å²) in [4.78, 5) is 12.5. The lowest BCUT2D eigenvalue weighted by Gasteiger charge is -2.17. The number of benzene rings is 3. The van der Waals surface area contributed by atoms with Gasteiger partial charge in [-0.15, -0.1) is 0 Å². The molecular weight excluding hydrogens is 567 g/mol. The first-order valence-electron chi connectivity index (χ1n) is 14.6. The van der Waals surface area contributed by atoms with Crippen molar-refractivity contribution in [3.63, 3.8) is 0 Å². The molecule has 1 heterocycles. The van der Waals surface area contributed by atoms with Gasteiger partial charge in [-0.1, -0.05) is 25.1 Å². The van der Waals surface area contributed by atoms with Crippen molar-refractivity contribution in [3.05, 3.63) is 100 Å². The van der Waals surface area contributed by atoms with Crippen molar-refractivity contribution in [2.45, 2.75) is 36.9 Å². The lowest BCUT2D eigenvalue weighted by atomic mass is 10.0. The van der Waals surface area contributed by atoms with Gasteiger partial charge < -0.3 is 15.0 Å². The molecule has 1 aromatic heterocycles. The van der Waals surface area contributed by atoms with Crippen molar-refractivity contribution in [3.8, 4) is 0 Å². The van der Waals surface area contributed by atoms with Crippen molar-refractivity contribution in [2.24, 2.45) is 0 Å². The van der Waals surface area contributed by atoms with Gasteiger partial charge in [0.2, 0.25) is 0 Å². The fourth-order valence-electron chi connectivity index (χ4n) is 4.54. The molecule has 4 aromatic rings. The van der Waals surface area contributed by atoms with Crippen LogP contribution in [0.5, 0.6) is 0 Å². The Hall–Kier alpha value is -3.77. The number of aliphatic hydroxyl groups is 1. The van der Waals surface area contributed by atoms with Crippen LogP contribution in [0.2, 0.25) is 0 Å². The zero-order valence-electron chi connectivity index (χ0n) is 26.2. The predicted molar refractivity (Wildman–Crippen MR) is 144 cm³/mol. The molecule has 0 aliphatic rings. The molecule has 0 spiro atoms. The monoisotopic (exact) mass is 599 g/mol. The second kappa shape index (κ2) is 12.0. The number of rotatable bonds is 10. The van der Waals surface area contributed by atoms with Gasteiger partial charge in [0.1, 0.15) is 12.5 Å². The first-order chi connectivity index (χ1) is 21.3. The molecule has 218 valence electrons. The summed E-state index contributed by atoms with van der Waals surface area (Å²) in [5, 5.41) is 12.9. The van der Waals surface area contributed by atoms with Crippen molar-refractivity contribution in [1.29, 1.82) is 0 Å². The fourth-order valence-corrected chi connectivity index (χ4v) is 5.15. The number of halogens is 5. The van der Waals surface area contributed by atoms with E-state index in [1.807, 2.05) is 0 Å². The van der Waals surface area contributed by atoms with Crippen LogP contribution in [0.25, 0.3) is 10.9 Å². The second-order valence-corrected chi connectivity index (χ2v) is 10.8. The zero-order valence-corrected chi connectivity index (χ0v) is 22.0. The van der Waals surface area contributed by atoms with Crippen LogP contribution in [0.1, 0.15) is 52.5 Å². The normalized spacial score (nSPS) is 15.4. The molecule has 0 aliphatic carbocycles. The molecule has 3 aromatic carbocycles. The number of hydrogen-bond donors (Lipinski definition) is 2. The molecule has 0 saturated heterocycles. The van der Waals surface area contributed by atoms with Gasteiger partial charge in [-0.05, 0) is 59.7 Å². The van der Waals surface area contributed by atoms with E-state index in [0.717, 1.165) is 24.3 Å². The largest absolute Gasteiger partial charge is 0.416 e. The average Bonchev–Trinajstić information content (AvgIpc) is 3.31. The maximum absolute atomic E-state index is 13.6. The lowest BCUT2D eigenvalue weighted by Crippen LogP contribution is -2.30. The van der Waals surface area contributed by atoms with Gasteiger partial charge in [0.25, 0.3) is 5.91 Å². The van der Waals surface area contributed by atoms with Crippen molar-refractivity contribution >= 4 is 26.6 Å². The number of nitrogens with zero attached hydrogens (tertiary/aromatic N) is 1. The summed E-state index contributed by atoms with van der Waals surface area (Å²) in [6.07, 6.45) is -5.14. The minimum Gasteiger partial charge on any atom is -0.394 e. The topological polar surface area (TPSA) is 88.4 Å². The third-order valence-corrected chi connectivity index (χ3v) is 7.68. The number of amides is 1. The van der Waals surface area contributed by atoms with Gasteiger partial charge >= 0.3 is 6.18 Å². The Balaban J connectivity index is 1.60. The molecule has 0 saturated carbocycles. The van der Waals surface area contributed by atoms with Crippen LogP contribution in [0.4, 0.5) is 22.0 Å². The van der Waals surface area contributed by atoms with Gasteiger partial charge in [0, 0.05) is 35.4 Å². The van der Waals surface area contributed by atoms with Gasteiger partial charge in [-0.3, -0.25) is 4.79 Å². The average molecular weight is 600 g/mol. The summed E-state index contributed by atoms with van der Waals surface area (Å²) >= 11 is 0. The molecule has 41 heavy (non-hydrogen) atoms. The van der Waals surface area contributed by atoms with E-state index >= 15 is 0 Å². The third-order valence-electron chi connectivity index (χ3n) is 6.52. The predicted octanol–water partition coefficient (Wildman–Crippen LogP) is 5.62. The number of aromatic nitrogens is 1. The minimum atomic E-state index is -4.95. The van der Waals surface area contributed by atoms with Crippen LogP contribution in [-0.4, -0.2) is 43.0 Å². The highest BCUT2D eigenvalue weighted by Gasteiger charge is 2.34. The van der Waals surface area contributed by atoms with Gasteiger partial charge in [0.05, 0.1) is 35.4 Å². The van der Waals surface area contributed by atoms with Crippen LogP contribution in [0.3, 0.4) is 0 Å². The van der Waals surface area contributed by atoms with Gasteiger partial charge in [-0.25, -0.2) is 17.2 Å². The number of alkyl halides is 4. The molecule has 1 amide bonds. The maximum Gasteiger partial charge on any atom is 0.416 e. The Morgan fingerprint density at radius 1 is 1.10 bits per heavy atom. The number of carbonyl (C=O) groups excluding carboxylic acids is 1. The van der Waals surface area contributed by atoms with E-state index < -0.39 is 70.1 Å². The molecule has 0 radical (unpaired) electrons. The molecule has 4 rings (SSSR count). The number of aliphatic hydroxyl groups excluding tert-OH is 1. The van der Waals surface area contributed by atoms with Crippen LogP contribution in [-0.2, 0) is 29.0 Å². The lowest BCUT2D eigenvalue weighted by molar-refractivity contribution is -0.138. The summed E-state index contributed by atoms with van der Waals surface area (Å²) in [6, 6.07) is 11.3. The summed E-state index contributed by atoms with van der Waals surface area (Å²) in [6.45, 7) is -5.15. The van der Waals surface area contributed by atoms with E-state index in [1.54, 1.807) is 0 Å². The first kappa shape index (κ1) is 23.9. The number of sulfone groups is 1. The highest BCUT2D eigenvalue weighted by molar-refractivity contribution is 7.91. The number of fused-ring (bicyclic) bond motifs is 1. The Kier molecular flexibility index (Phi) is 6.99. The van der Waals surface area contributed by atoms with Crippen LogP contribution < -0.4 is 5.32 Å². The molecular formula is C29H27F5N2O4S.